The Morgan fingerprint density at radius 2 is 1.77 bits per heavy atom. The number of ether oxygens (including phenoxy) is 1. The molecular formula is C18H18N2O3S3. The topological polar surface area (TPSA) is 59.0 Å². The second kappa shape index (κ2) is 7.38. The van der Waals surface area contributed by atoms with Gasteiger partial charge in [0.1, 0.15) is 10.8 Å². The van der Waals surface area contributed by atoms with Crippen molar-refractivity contribution < 1.29 is 13.2 Å². The summed E-state index contributed by atoms with van der Waals surface area (Å²) in [5.41, 5.74) is 3.58. The number of thioether (sulfide) groups is 1. The summed E-state index contributed by atoms with van der Waals surface area (Å²) in [7, 11) is -3.48. The standard InChI is InChI=1S/C18H18N2O3S3/c1-12-9-13(2)16(14(3)10-12)23-18(24)19-17-20(26(21,22)11-25-17)15-7-5-4-6-8-15/h4-10H,11H2,1-3H3. The van der Waals surface area contributed by atoms with E-state index in [-0.39, 0.29) is 10.3 Å². The van der Waals surface area contributed by atoms with Gasteiger partial charge in [-0.2, -0.15) is 4.99 Å². The van der Waals surface area contributed by atoms with Crippen LogP contribution < -0.4 is 9.04 Å². The highest BCUT2D eigenvalue weighted by molar-refractivity contribution is 8.27. The molecule has 0 amide bonds. The number of thiocarbonyl (C=S) groups is 1. The monoisotopic (exact) mass is 406 g/mol. The van der Waals surface area contributed by atoms with E-state index >= 15 is 0 Å². The average Bonchev–Trinajstić information content (AvgIpc) is 2.86. The summed E-state index contributed by atoms with van der Waals surface area (Å²) in [5.74, 6) is 0.655. The van der Waals surface area contributed by atoms with Crippen LogP contribution in [0.15, 0.2) is 47.5 Å². The highest BCUT2D eigenvalue weighted by atomic mass is 32.3. The van der Waals surface area contributed by atoms with Crippen LogP contribution in [0.25, 0.3) is 0 Å². The first-order chi connectivity index (χ1) is 12.3. The third-order valence-corrected chi connectivity index (χ3v) is 7.19. The number of benzene rings is 2. The fourth-order valence-corrected chi connectivity index (χ4v) is 6.04. The number of anilines is 1. The van der Waals surface area contributed by atoms with E-state index in [0.29, 0.717) is 16.6 Å². The van der Waals surface area contributed by atoms with Crippen LogP contribution >= 0.6 is 24.0 Å². The number of aryl methyl sites for hydroxylation is 3. The van der Waals surface area contributed by atoms with Gasteiger partial charge in [0.25, 0.3) is 15.2 Å². The van der Waals surface area contributed by atoms with Crippen molar-refractivity contribution in [1.82, 2.24) is 0 Å². The first kappa shape index (κ1) is 18.9. The minimum absolute atomic E-state index is 0.0133. The van der Waals surface area contributed by atoms with Gasteiger partial charge >= 0.3 is 0 Å². The molecule has 2 aromatic rings. The van der Waals surface area contributed by atoms with E-state index in [0.717, 1.165) is 28.5 Å². The molecule has 136 valence electrons. The Bertz CT molecular complexity index is 963. The molecule has 0 saturated carbocycles. The maximum absolute atomic E-state index is 12.4. The van der Waals surface area contributed by atoms with Crippen LogP contribution in [-0.2, 0) is 10.0 Å². The van der Waals surface area contributed by atoms with Gasteiger partial charge in [-0.3, -0.25) is 0 Å². The number of amidine groups is 1. The molecule has 26 heavy (non-hydrogen) atoms. The maximum atomic E-state index is 12.4. The second-order valence-corrected chi connectivity index (χ2v) is 9.44. The summed E-state index contributed by atoms with van der Waals surface area (Å²) in [6.45, 7) is 5.90. The molecule has 1 aliphatic heterocycles. The van der Waals surface area contributed by atoms with Crippen molar-refractivity contribution in [3.63, 3.8) is 0 Å². The molecule has 5 nitrogen and oxygen atoms in total. The zero-order valence-electron chi connectivity index (χ0n) is 14.6. The van der Waals surface area contributed by atoms with Gasteiger partial charge in [0.2, 0.25) is 0 Å². The first-order valence-corrected chi connectivity index (χ1v) is 10.9. The van der Waals surface area contributed by atoms with Crippen molar-refractivity contribution in [2.45, 2.75) is 20.8 Å². The lowest BCUT2D eigenvalue weighted by molar-refractivity contribution is 0.548. The van der Waals surface area contributed by atoms with Gasteiger partial charge in [0.15, 0.2) is 5.17 Å². The van der Waals surface area contributed by atoms with Crippen molar-refractivity contribution in [3.8, 4) is 5.75 Å². The SMILES string of the molecule is Cc1cc(C)c(OC(=S)N=C2SCS(=O)(=O)N2c2ccccc2)c(C)c1. The summed E-state index contributed by atoms with van der Waals surface area (Å²) >= 11 is 6.38. The number of rotatable bonds is 2. The lowest BCUT2D eigenvalue weighted by Gasteiger charge is -2.17. The minimum atomic E-state index is -3.48. The number of sulfonamides is 1. The third-order valence-electron chi connectivity index (χ3n) is 3.76. The summed E-state index contributed by atoms with van der Waals surface area (Å²) in [4.78, 5) is 4.26. The van der Waals surface area contributed by atoms with Crippen LogP contribution in [0.2, 0.25) is 0 Å². The highest BCUT2D eigenvalue weighted by Gasteiger charge is 2.36. The Hall–Kier alpha value is -1.90. The molecule has 1 saturated heterocycles. The van der Waals surface area contributed by atoms with E-state index in [9.17, 15) is 8.42 Å². The van der Waals surface area contributed by atoms with Crippen LogP contribution in [0.3, 0.4) is 0 Å². The minimum Gasteiger partial charge on any atom is -0.430 e. The van der Waals surface area contributed by atoms with Crippen molar-refractivity contribution in [2.24, 2.45) is 4.99 Å². The molecule has 0 spiro atoms. The van der Waals surface area contributed by atoms with Gasteiger partial charge in [-0.1, -0.05) is 47.7 Å². The van der Waals surface area contributed by atoms with Crippen LogP contribution in [0.5, 0.6) is 5.75 Å². The number of hydrogen-bond donors (Lipinski definition) is 0. The molecule has 1 aliphatic rings. The van der Waals surface area contributed by atoms with E-state index in [1.165, 1.54) is 4.31 Å². The molecule has 1 fully saturated rings. The van der Waals surface area contributed by atoms with Gasteiger partial charge in [-0.05, 0) is 56.2 Å². The van der Waals surface area contributed by atoms with E-state index in [2.05, 4.69) is 4.99 Å². The molecule has 0 N–H and O–H groups in total. The van der Waals surface area contributed by atoms with E-state index < -0.39 is 10.0 Å². The number of para-hydroxylation sites is 1. The van der Waals surface area contributed by atoms with Crippen molar-refractivity contribution >= 4 is 50.0 Å². The lowest BCUT2D eigenvalue weighted by atomic mass is 10.1. The normalized spacial score (nSPS) is 17.5. The predicted octanol–water partition coefficient (Wildman–Crippen LogP) is 4.17. The second-order valence-electron chi connectivity index (χ2n) is 5.96. The Morgan fingerprint density at radius 1 is 1.15 bits per heavy atom. The van der Waals surface area contributed by atoms with E-state index in [4.69, 9.17) is 17.0 Å². The molecule has 8 heteroatoms. The molecule has 0 aromatic heterocycles. The quantitative estimate of drug-likeness (QED) is 0.701. The Morgan fingerprint density at radius 3 is 2.38 bits per heavy atom. The number of nitrogens with zero attached hydrogens (tertiary/aromatic N) is 2. The van der Waals surface area contributed by atoms with Crippen molar-refractivity contribution in [2.75, 3.05) is 9.39 Å². The Balaban J connectivity index is 1.90. The fraction of sp³-hybridized carbons (Fsp3) is 0.222. The molecule has 0 unspecified atom stereocenters. The van der Waals surface area contributed by atoms with Crippen LogP contribution in [-0.4, -0.2) is 23.8 Å². The van der Waals surface area contributed by atoms with Crippen molar-refractivity contribution in [1.29, 1.82) is 0 Å². The highest BCUT2D eigenvalue weighted by Crippen LogP contribution is 2.32. The molecule has 0 atom stereocenters. The molecule has 0 aliphatic carbocycles. The van der Waals surface area contributed by atoms with E-state index in [1.807, 2.05) is 39.0 Å². The van der Waals surface area contributed by atoms with Gasteiger partial charge < -0.3 is 4.74 Å². The smallest absolute Gasteiger partial charge is 0.291 e. The van der Waals surface area contributed by atoms with Gasteiger partial charge in [-0.15, -0.1) is 0 Å². The molecule has 1 heterocycles. The molecule has 3 rings (SSSR count). The summed E-state index contributed by atoms with van der Waals surface area (Å²) in [6, 6.07) is 12.8. The lowest BCUT2D eigenvalue weighted by Crippen LogP contribution is -2.30. The number of hydrogen-bond acceptors (Lipinski definition) is 5. The molecule has 0 bridgehead atoms. The summed E-state index contributed by atoms with van der Waals surface area (Å²) < 4.78 is 31.8. The van der Waals surface area contributed by atoms with Crippen LogP contribution in [0, 0.1) is 20.8 Å². The Labute approximate surface area is 163 Å². The average molecular weight is 407 g/mol. The largest absolute Gasteiger partial charge is 0.430 e. The number of aliphatic imine (C=N–C) groups is 1. The molecule has 0 radical (unpaired) electrons. The molecular weight excluding hydrogens is 388 g/mol. The third kappa shape index (κ3) is 3.92. The summed E-state index contributed by atoms with van der Waals surface area (Å²) in [5, 5.41) is 0.204. The van der Waals surface area contributed by atoms with Gasteiger partial charge in [0, 0.05) is 0 Å². The maximum Gasteiger partial charge on any atom is 0.291 e. The van der Waals surface area contributed by atoms with E-state index in [1.54, 1.807) is 24.3 Å². The predicted molar refractivity (Wildman–Crippen MR) is 112 cm³/mol. The first-order valence-electron chi connectivity index (χ1n) is 7.87. The zero-order valence-corrected chi connectivity index (χ0v) is 17.0. The van der Waals surface area contributed by atoms with Crippen LogP contribution in [0.1, 0.15) is 16.7 Å². The zero-order chi connectivity index (χ0) is 18.9. The van der Waals surface area contributed by atoms with Gasteiger partial charge in [-0.25, -0.2) is 12.7 Å². The fourth-order valence-electron chi connectivity index (χ4n) is 2.79. The van der Waals surface area contributed by atoms with Crippen molar-refractivity contribution in [3.05, 3.63) is 59.2 Å². The molecule has 2 aromatic carbocycles. The van der Waals surface area contributed by atoms with Crippen LogP contribution in [0.4, 0.5) is 5.69 Å². The Kier molecular flexibility index (Phi) is 5.36. The summed E-state index contributed by atoms with van der Waals surface area (Å²) in [6.07, 6.45) is 0. The van der Waals surface area contributed by atoms with Gasteiger partial charge in [0.05, 0.1) is 5.69 Å².